The van der Waals surface area contributed by atoms with E-state index in [4.69, 9.17) is 4.98 Å². The lowest BCUT2D eigenvalue weighted by Crippen LogP contribution is -2.11. The van der Waals surface area contributed by atoms with E-state index in [0.717, 1.165) is 35.0 Å². The average molecular weight is 415 g/mol. The number of anilines is 1. The second-order valence-electron chi connectivity index (χ2n) is 7.98. The standard InChI is InChI=1S/C16H19N5.C9H11N/c1-17-11-13-16(21-9-5-4-6-14(21)19-13)12-7-8-18-15(10-12)20(2)3;1-2-6-9-8(4-1)5-3-7-10-9/h4-10,17H,11H2,1-3H3;3,5,7H,1-2,4,6H2. The van der Waals surface area contributed by atoms with Gasteiger partial charge in [0.2, 0.25) is 0 Å². The highest BCUT2D eigenvalue weighted by Crippen LogP contribution is 2.27. The zero-order valence-corrected chi connectivity index (χ0v) is 18.5. The Kier molecular flexibility index (Phi) is 6.57. The van der Waals surface area contributed by atoms with Crippen molar-refractivity contribution in [3.63, 3.8) is 0 Å². The highest BCUT2D eigenvalue weighted by Gasteiger charge is 2.14. The molecule has 0 aliphatic heterocycles. The van der Waals surface area contributed by atoms with Gasteiger partial charge in [-0.1, -0.05) is 12.1 Å². The summed E-state index contributed by atoms with van der Waals surface area (Å²) in [4.78, 5) is 15.4. The van der Waals surface area contributed by atoms with Crippen LogP contribution in [0.3, 0.4) is 0 Å². The summed E-state index contributed by atoms with van der Waals surface area (Å²) in [6.07, 6.45) is 10.9. The first-order valence-corrected chi connectivity index (χ1v) is 10.8. The molecule has 0 radical (unpaired) electrons. The van der Waals surface area contributed by atoms with Gasteiger partial charge in [-0.15, -0.1) is 0 Å². The predicted molar refractivity (Wildman–Crippen MR) is 126 cm³/mol. The molecule has 0 amide bonds. The molecule has 1 aliphatic rings. The number of hydrogen-bond acceptors (Lipinski definition) is 5. The molecule has 1 aliphatic carbocycles. The quantitative estimate of drug-likeness (QED) is 0.544. The van der Waals surface area contributed by atoms with Crippen LogP contribution in [0, 0.1) is 0 Å². The van der Waals surface area contributed by atoms with Gasteiger partial charge in [-0.05, 0) is 68.6 Å². The van der Waals surface area contributed by atoms with Gasteiger partial charge in [0.15, 0.2) is 0 Å². The molecule has 31 heavy (non-hydrogen) atoms. The molecular weight excluding hydrogens is 384 g/mol. The lowest BCUT2D eigenvalue weighted by molar-refractivity contribution is 0.668. The van der Waals surface area contributed by atoms with Crippen molar-refractivity contribution >= 4 is 11.5 Å². The minimum atomic E-state index is 0.733. The van der Waals surface area contributed by atoms with E-state index in [1.165, 1.54) is 36.9 Å². The average Bonchev–Trinajstić information content (AvgIpc) is 3.18. The maximum atomic E-state index is 4.72. The van der Waals surface area contributed by atoms with Crippen LogP contribution in [-0.4, -0.2) is 40.5 Å². The summed E-state index contributed by atoms with van der Waals surface area (Å²) < 4.78 is 2.13. The molecule has 0 saturated heterocycles. The van der Waals surface area contributed by atoms with Crippen molar-refractivity contribution in [1.29, 1.82) is 0 Å². The smallest absolute Gasteiger partial charge is 0.137 e. The van der Waals surface area contributed by atoms with Crippen LogP contribution in [0.15, 0.2) is 61.1 Å². The Morgan fingerprint density at radius 3 is 2.68 bits per heavy atom. The number of fused-ring (bicyclic) bond motifs is 2. The van der Waals surface area contributed by atoms with Crippen molar-refractivity contribution in [2.45, 2.75) is 32.2 Å². The summed E-state index contributed by atoms with van der Waals surface area (Å²) in [6, 6.07) is 14.4. The first-order valence-electron chi connectivity index (χ1n) is 10.8. The van der Waals surface area contributed by atoms with E-state index < -0.39 is 0 Å². The molecule has 4 heterocycles. The SMILES string of the molecule is CNCc1nc2ccccn2c1-c1ccnc(N(C)C)c1.c1cnc2c(c1)CCCC2. The zero-order chi connectivity index (χ0) is 21.6. The highest BCUT2D eigenvalue weighted by molar-refractivity contribution is 5.69. The number of aromatic nitrogens is 4. The van der Waals surface area contributed by atoms with Crippen molar-refractivity contribution in [2.24, 2.45) is 0 Å². The lowest BCUT2D eigenvalue weighted by Gasteiger charge is -2.12. The molecule has 0 fully saturated rings. The Morgan fingerprint density at radius 2 is 1.87 bits per heavy atom. The molecule has 0 atom stereocenters. The zero-order valence-electron chi connectivity index (χ0n) is 18.5. The van der Waals surface area contributed by atoms with Crippen molar-refractivity contribution < 1.29 is 0 Å². The van der Waals surface area contributed by atoms with Gasteiger partial charge in [-0.25, -0.2) is 9.97 Å². The monoisotopic (exact) mass is 414 g/mol. The molecule has 1 N–H and O–H groups in total. The van der Waals surface area contributed by atoms with Gasteiger partial charge in [-0.2, -0.15) is 0 Å². The van der Waals surface area contributed by atoms with Gasteiger partial charge in [0.25, 0.3) is 0 Å². The minimum Gasteiger partial charge on any atom is -0.363 e. The lowest BCUT2D eigenvalue weighted by atomic mass is 9.96. The Bertz CT molecular complexity index is 1120. The summed E-state index contributed by atoms with van der Waals surface area (Å²) in [5.74, 6) is 0.939. The summed E-state index contributed by atoms with van der Waals surface area (Å²) in [5.41, 5.74) is 7.03. The molecule has 0 unspecified atom stereocenters. The molecule has 4 aromatic heterocycles. The van der Waals surface area contributed by atoms with Crippen LogP contribution in [-0.2, 0) is 19.4 Å². The normalized spacial score (nSPS) is 12.7. The van der Waals surface area contributed by atoms with E-state index in [9.17, 15) is 0 Å². The third-order valence-corrected chi connectivity index (χ3v) is 5.52. The molecule has 5 rings (SSSR count). The fourth-order valence-corrected chi connectivity index (χ4v) is 3.98. The van der Waals surface area contributed by atoms with Gasteiger partial charge >= 0.3 is 0 Å². The van der Waals surface area contributed by atoms with Crippen LogP contribution in [0.1, 0.15) is 29.8 Å². The summed E-state index contributed by atoms with van der Waals surface area (Å²) in [7, 11) is 5.93. The third kappa shape index (κ3) is 4.75. The van der Waals surface area contributed by atoms with Gasteiger partial charge in [0.1, 0.15) is 11.5 Å². The number of pyridine rings is 3. The molecule has 6 nitrogen and oxygen atoms in total. The molecule has 0 aromatic carbocycles. The van der Waals surface area contributed by atoms with Gasteiger partial charge in [-0.3, -0.25) is 9.38 Å². The van der Waals surface area contributed by atoms with Crippen LogP contribution < -0.4 is 10.2 Å². The van der Waals surface area contributed by atoms with Crippen LogP contribution in [0.2, 0.25) is 0 Å². The Morgan fingerprint density at radius 1 is 1.00 bits per heavy atom. The summed E-state index contributed by atoms with van der Waals surface area (Å²) in [6.45, 7) is 0.733. The number of rotatable bonds is 4. The summed E-state index contributed by atoms with van der Waals surface area (Å²) >= 11 is 0. The van der Waals surface area contributed by atoms with E-state index in [1.807, 2.05) is 75.0 Å². The molecule has 0 bridgehead atoms. The number of aryl methyl sites for hydroxylation is 2. The van der Waals surface area contributed by atoms with E-state index in [1.54, 1.807) is 0 Å². The molecule has 4 aromatic rings. The molecule has 6 heteroatoms. The maximum absolute atomic E-state index is 4.72. The molecule has 0 spiro atoms. The van der Waals surface area contributed by atoms with Crippen LogP contribution in [0.5, 0.6) is 0 Å². The number of nitrogens with zero attached hydrogens (tertiary/aromatic N) is 5. The largest absolute Gasteiger partial charge is 0.363 e. The first-order chi connectivity index (χ1) is 15.2. The van der Waals surface area contributed by atoms with E-state index >= 15 is 0 Å². The second kappa shape index (κ2) is 9.71. The third-order valence-electron chi connectivity index (χ3n) is 5.52. The van der Waals surface area contributed by atoms with Gasteiger partial charge in [0.05, 0.1) is 11.4 Å². The topological polar surface area (TPSA) is 58.4 Å². The van der Waals surface area contributed by atoms with Crippen molar-refractivity contribution in [1.82, 2.24) is 24.7 Å². The van der Waals surface area contributed by atoms with Crippen molar-refractivity contribution in [3.8, 4) is 11.3 Å². The second-order valence-corrected chi connectivity index (χ2v) is 7.98. The summed E-state index contributed by atoms with van der Waals surface area (Å²) in [5, 5.41) is 3.19. The fraction of sp³-hybridized carbons (Fsp3) is 0.320. The van der Waals surface area contributed by atoms with E-state index in [2.05, 4.69) is 31.8 Å². The Hall–Kier alpha value is -3.25. The first kappa shape index (κ1) is 21.0. The number of nitrogens with one attached hydrogen (secondary N) is 1. The molecule has 160 valence electrons. The van der Waals surface area contributed by atoms with E-state index in [-0.39, 0.29) is 0 Å². The van der Waals surface area contributed by atoms with Gasteiger partial charge in [0, 0.05) is 50.5 Å². The molecule has 0 saturated carbocycles. The van der Waals surface area contributed by atoms with Gasteiger partial charge < -0.3 is 10.2 Å². The maximum Gasteiger partial charge on any atom is 0.137 e. The fourth-order valence-electron chi connectivity index (χ4n) is 3.98. The highest BCUT2D eigenvalue weighted by atomic mass is 15.1. The van der Waals surface area contributed by atoms with Crippen molar-refractivity contribution in [3.05, 3.63) is 78.0 Å². The van der Waals surface area contributed by atoms with Crippen molar-refractivity contribution in [2.75, 3.05) is 26.0 Å². The van der Waals surface area contributed by atoms with Crippen LogP contribution in [0.25, 0.3) is 16.9 Å². The Labute approximate surface area is 184 Å². The predicted octanol–water partition coefficient (Wildman–Crippen LogP) is 4.14. The van der Waals surface area contributed by atoms with Crippen LogP contribution >= 0.6 is 0 Å². The van der Waals surface area contributed by atoms with Crippen LogP contribution in [0.4, 0.5) is 5.82 Å². The molecular formula is C25H30N6. The van der Waals surface area contributed by atoms with E-state index in [0.29, 0.717) is 0 Å². The number of imidazole rings is 1. The number of hydrogen-bond donors (Lipinski definition) is 1. The Balaban J connectivity index is 0.000000192. The minimum absolute atomic E-state index is 0.733.